The van der Waals surface area contributed by atoms with Crippen LogP contribution in [0.1, 0.15) is 15.9 Å². The second-order valence-corrected chi connectivity index (χ2v) is 5.44. The van der Waals surface area contributed by atoms with Crippen LogP contribution in [0.5, 0.6) is 0 Å². The number of carbonyl (C=O) groups excluding carboxylic acids is 3. The second-order valence-electron chi connectivity index (χ2n) is 5.44. The Labute approximate surface area is 144 Å². The molecule has 126 valence electrons. The maximum Gasteiger partial charge on any atom is 0.277 e. The van der Waals surface area contributed by atoms with Crippen molar-refractivity contribution in [1.29, 1.82) is 0 Å². The van der Waals surface area contributed by atoms with E-state index in [9.17, 15) is 14.4 Å². The van der Waals surface area contributed by atoms with E-state index in [0.29, 0.717) is 16.8 Å². The van der Waals surface area contributed by atoms with Crippen LogP contribution in [-0.4, -0.2) is 40.8 Å². The number of aliphatic hydroxyl groups is 1. The molecule has 1 heterocycles. The molecule has 0 saturated heterocycles. The first kappa shape index (κ1) is 16.6. The fraction of sp³-hybridized carbons (Fsp3) is 0.105. The third-order valence-electron chi connectivity index (χ3n) is 3.81. The zero-order valence-corrected chi connectivity index (χ0v) is 13.3. The van der Waals surface area contributed by atoms with Gasteiger partial charge in [-0.3, -0.25) is 19.3 Å². The van der Waals surface area contributed by atoms with Gasteiger partial charge in [0.2, 0.25) is 0 Å². The molecule has 0 spiro atoms. The molecule has 6 heteroatoms. The highest BCUT2D eigenvalue weighted by Gasteiger charge is 2.31. The number of hydrogen-bond acceptors (Lipinski definition) is 5. The highest BCUT2D eigenvalue weighted by molar-refractivity contribution is 6.18. The molecule has 2 amide bonds. The van der Waals surface area contributed by atoms with E-state index in [4.69, 9.17) is 5.11 Å². The summed E-state index contributed by atoms with van der Waals surface area (Å²) in [7, 11) is 0. The van der Waals surface area contributed by atoms with E-state index in [2.05, 4.69) is 5.32 Å². The standard InChI is InChI=1S/C19H16N2O4/c22-11-10-21-17(23)12-16(19(21)25)20-15-9-5-4-8-14(15)18(24)13-6-2-1-3-7-13/h1-9,12,20,22H,10-11H2. The van der Waals surface area contributed by atoms with Crippen molar-refractivity contribution in [3.05, 3.63) is 77.5 Å². The predicted molar refractivity (Wildman–Crippen MR) is 91.8 cm³/mol. The highest BCUT2D eigenvalue weighted by atomic mass is 16.3. The maximum atomic E-state index is 12.7. The lowest BCUT2D eigenvalue weighted by Gasteiger charge is -2.14. The van der Waals surface area contributed by atoms with Crippen LogP contribution in [0.4, 0.5) is 5.69 Å². The van der Waals surface area contributed by atoms with Crippen LogP contribution in [-0.2, 0) is 9.59 Å². The number of nitrogens with zero attached hydrogens (tertiary/aromatic N) is 1. The van der Waals surface area contributed by atoms with Crippen molar-refractivity contribution in [3.63, 3.8) is 0 Å². The number of anilines is 1. The molecule has 0 radical (unpaired) electrons. The maximum absolute atomic E-state index is 12.7. The number of benzene rings is 2. The fourth-order valence-electron chi connectivity index (χ4n) is 2.59. The number of imide groups is 1. The van der Waals surface area contributed by atoms with Gasteiger partial charge in [-0.2, -0.15) is 0 Å². The van der Waals surface area contributed by atoms with Crippen LogP contribution in [0.15, 0.2) is 66.4 Å². The van der Waals surface area contributed by atoms with Crippen LogP contribution in [0.25, 0.3) is 0 Å². The zero-order valence-electron chi connectivity index (χ0n) is 13.3. The van der Waals surface area contributed by atoms with Crippen molar-refractivity contribution in [2.75, 3.05) is 18.5 Å². The van der Waals surface area contributed by atoms with Crippen LogP contribution in [0, 0.1) is 0 Å². The number of nitrogens with one attached hydrogen (secondary N) is 1. The minimum absolute atomic E-state index is 0.0655. The van der Waals surface area contributed by atoms with Crippen LogP contribution in [0.3, 0.4) is 0 Å². The van der Waals surface area contributed by atoms with Crippen molar-refractivity contribution in [2.45, 2.75) is 0 Å². The molecule has 0 saturated carbocycles. The molecule has 2 N–H and O–H groups in total. The fourth-order valence-corrected chi connectivity index (χ4v) is 2.59. The van der Waals surface area contributed by atoms with Gasteiger partial charge in [-0.05, 0) is 12.1 Å². The summed E-state index contributed by atoms with van der Waals surface area (Å²) in [5.41, 5.74) is 1.44. The lowest BCUT2D eigenvalue weighted by Crippen LogP contribution is -2.34. The molecule has 0 unspecified atom stereocenters. The van der Waals surface area contributed by atoms with Gasteiger partial charge in [0.15, 0.2) is 5.78 Å². The quantitative estimate of drug-likeness (QED) is 0.618. The first-order valence-electron chi connectivity index (χ1n) is 7.76. The van der Waals surface area contributed by atoms with Gasteiger partial charge in [-0.1, -0.05) is 42.5 Å². The Morgan fingerprint density at radius 3 is 2.40 bits per heavy atom. The SMILES string of the molecule is O=C(c1ccccc1)c1ccccc1NC1=CC(=O)N(CCO)C1=O. The van der Waals surface area contributed by atoms with E-state index in [-0.39, 0.29) is 24.6 Å². The van der Waals surface area contributed by atoms with Gasteiger partial charge in [0.05, 0.1) is 13.2 Å². The van der Waals surface area contributed by atoms with E-state index in [1.165, 1.54) is 6.08 Å². The van der Waals surface area contributed by atoms with Gasteiger partial charge < -0.3 is 10.4 Å². The molecule has 0 atom stereocenters. The summed E-state index contributed by atoms with van der Waals surface area (Å²) in [6.07, 6.45) is 1.17. The third kappa shape index (κ3) is 3.34. The molecule has 25 heavy (non-hydrogen) atoms. The number of amides is 2. The van der Waals surface area contributed by atoms with Crippen molar-refractivity contribution in [2.24, 2.45) is 0 Å². The molecular formula is C19H16N2O4. The molecule has 0 fully saturated rings. The van der Waals surface area contributed by atoms with Gasteiger partial charge in [-0.15, -0.1) is 0 Å². The van der Waals surface area contributed by atoms with Crippen molar-refractivity contribution in [1.82, 2.24) is 4.90 Å². The van der Waals surface area contributed by atoms with Gasteiger partial charge in [0, 0.05) is 22.9 Å². The molecule has 0 aliphatic carbocycles. The Bertz CT molecular complexity index is 859. The topological polar surface area (TPSA) is 86.7 Å². The molecule has 0 bridgehead atoms. The van der Waals surface area contributed by atoms with E-state index in [1.807, 2.05) is 6.07 Å². The van der Waals surface area contributed by atoms with Crippen LogP contribution < -0.4 is 5.32 Å². The Hall–Kier alpha value is -3.25. The smallest absolute Gasteiger partial charge is 0.277 e. The second kappa shape index (κ2) is 7.11. The van der Waals surface area contributed by atoms with Gasteiger partial charge in [0.25, 0.3) is 11.8 Å². The number of rotatable bonds is 6. The summed E-state index contributed by atoms with van der Waals surface area (Å²) >= 11 is 0. The zero-order chi connectivity index (χ0) is 17.8. The van der Waals surface area contributed by atoms with Crippen LogP contribution in [0.2, 0.25) is 0 Å². The third-order valence-corrected chi connectivity index (χ3v) is 3.81. The molecule has 1 aliphatic heterocycles. The summed E-state index contributed by atoms with van der Waals surface area (Å²) < 4.78 is 0. The monoisotopic (exact) mass is 336 g/mol. The molecule has 6 nitrogen and oxygen atoms in total. The minimum atomic E-state index is -0.527. The van der Waals surface area contributed by atoms with E-state index < -0.39 is 11.8 Å². The number of aliphatic hydroxyl groups excluding tert-OH is 1. The summed E-state index contributed by atoms with van der Waals surface area (Å²) in [6, 6.07) is 15.6. The summed E-state index contributed by atoms with van der Waals surface area (Å²) in [5.74, 6) is -1.21. The number of β-amino-alcohol motifs (C(OH)–C–C–N with tert-alkyl or cyclic N) is 1. The minimum Gasteiger partial charge on any atom is -0.395 e. The van der Waals surface area contributed by atoms with Gasteiger partial charge >= 0.3 is 0 Å². The highest BCUT2D eigenvalue weighted by Crippen LogP contribution is 2.23. The number of ketones is 1. The van der Waals surface area contributed by atoms with Gasteiger partial charge in [-0.25, -0.2) is 0 Å². The van der Waals surface area contributed by atoms with E-state index >= 15 is 0 Å². The van der Waals surface area contributed by atoms with Crippen molar-refractivity contribution >= 4 is 23.3 Å². The first-order chi connectivity index (χ1) is 12.1. The lowest BCUT2D eigenvalue weighted by molar-refractivity contribution is -0.137. The average molecular weight is 336 g/mol. The Morgan fingerprint density at radius 2 is 1.68 bits per heavy atom. The Morgan fingerprint density at radius 1 is 1.00 bits per heavy atom. The molecule has 1 aliphatic rings. The largest absolute Gasteiger partial charge is 0.395 e. The average Bonchev–Trinajstić information content (AvgIpc) is 2.90. The van der Waals surface area contributed by atoms with Crippen molar-refractivity contribution in [3.8, 4) is 0 Å². The summed E-state index contributed by atoms with van der Waals surface area (Å²) in [6.45, 7) is -0.369. The Balaban J connectivity index is 1.88. The first-order valence-corrected chi connectivity index (χ1v) is 7.76. The number of para-hydroxylation sites is 1. The lowest BCUT2D eigenvalue weighted by atomic mass is 10.0. The van der Waals surface area contributed by atoms with Crippen LogP contribution >= 0.6 is 0 Å². The van der Waals surface area contributed by atoms with E-state index in [0.717, 1.165) is 4.90 Å². The molecule has 2 aromatic carbocycles. The predicted octanol–water partition coefficient (Wildman–Crippen LogP) is 1.57. The molecular weight excluding hydrogens is 320 g/mol. The van der Waals surface area contributed by atoms with E-state index in [1.54, 1.807) is 48.5 Å². The molecule has 2 aromatic rings. The number of hydrogen-bond donors (Lipinski definition) is 2. The number of carbonyl (C=O) groups is 3. The summed E-state index contributed by atoms with van der Waals surface area (Å²) in [4.78, 5) is 37.7. The summed E-state index contributed by atoms with van der Waals surface area (Å²) in [5, 5.41) is 11.8. The Kier molecular flexibility index (Phi) is 4.72. The van der Waals surface area contributed by atoms with Gasteiger partial charge in [0.1, 0.15) is 5.70 Å². The molecule has 0 aromatic heterocycles. The molecule has 3 rings (SSSR count). The van der Waals surface area contributed by atoms with Crippen molar-refractivity contribution < 1.29 is 19.5 Å². The normalized spacial score (nSPS) is 13.8.